The van der Waals surface area contributed by atoms with E-state index >= 15 is 0 Å². The normalized spacial score (nSPS) is 10.1. The molecule has 0 fully saturated rings. The van der Waals surface area contributed by atoms with Crippen LogP contribution in [0.2, 0.25) is 0 Å². The molecule has 1 N–H and O–H groups in total. The number of anilines is 1. The second-order valence-electron chi connectivity index (χ2n) is 4.07. The zero-order valence-corrected chi connectivity index (χ0v) is 11.1. The summed E-state index contributed by atoms with van der Waals surface area (Å²) in [6.45, 7) is 2.28. The van der Waals surface area contributed by atoms with Crippen LogP contribution >= 0.6 is 0 Å². The van der Waals surface area contributed by atoms with E-state index in [9.17, 15) is 9.18 Å². The fourth-order valence-corrected chi connectivity index (χ4v) is 1.74. The van der Waals surface area contributed by atoms with Crippen molar-refractivity contribution in [3.8, 4) is 0 Å². The van der Waals surface area contributed by atoms with Crippen molar-refractivity contribution in [1.82, 2.24) is 4.98 Å². The number of aromatic nitrogens is 1. The van der Waals surface area contributed by atoms with E-state index in [2.05, 4.69) is 10.3 Å². The van der Waals surface area contributed by atoms with Crippen molar-refractivity contribution in [3.63, 3.8) is 0 Å². The molecule has 1 heterocycles. The predicted octanol–water partition coefficient (Wildman–Crippen LogP) is 3.01. The Bertz CT molecular complexity index is 602. The maximum absolute atomic E-state index is 13.5. The van der Waals surface area contributed by atoms with Crippen molar-refractivity contribution in [2.45, 2.75) is 13.5 Å². The number of rotatable bonds is 5. The van der Waals surface area contributed by atoms with E-state index < -0.39 is 5.97 Å². The van der Waals surface area contributed by atoms with Gasteiger partial charge in [0.15, 0.2) is 0 Å². The van der Waals surface area contributed by atoms with Crippen LogP contribution in [-0.2, 0) is 11.3 Å². The van der Waals surface area contributed by atoms with Gasteiger partial charge in [-0.25, -0.2) is 14.2 Å². The van der Waals surface area contributed by atoms with E-state index in [0.29, 0.717) is 23.6 Å². The first-order valence-electron chi connectivity index (χ1n) is 6.31. The molecule has 0 radical (unpaired) electrons. The van der Waals surface area contributed by atoms with Crippen LogP contribution in [0.3, 0.4) is 0 Å². The summed E-state index contributed by atoms with van der Waals surface area (Å²) in [6, 6.07) is 9.72. The van der Waals surface area contributed by atoms with E-state index in [1.165, 1.54) is 6.07 Å². The Morgan fingerprint density at radius 2 is 2.10 bits per heavy atom. The predicted molar refractivity (Wildman–Crippen MR) is 73.9 cm³/mol. The van der Waals surface area contributed by atoms with Gasteiger partial charge in [-0.15, -0.1) is 0 Å². The highest BCUT2D eigenvalue weighted by atomic mass is 19.1. The van der Waals surface area contributed by atoms with Gasteiger partial charge in [0.25, 0.3) is 0 Å². The summed E-state index contributed by atoms with van der Waals surface area (Å²) >= 11 is 0. The third-order valence-corrected chi connectivity index (χ3v) is 2.71. The number of ether oxygens (including phenoxy) is 1. The molecule has 0 unspecified atom stereocenters. The molecule has 0 amide bonds. The molecule has 0 saturated carbocycles. The third kappa shape index (κ3) is 3.32. The first-order valence-corrected chi connectivity index (χ1v) is 6.31. The number of benzene rings is 1. The molecule has 2 aromatic rings. The highest BCUT2D eigenvalue weighted by Crippen LogP contribution is 2.15. The molecule has 0 spiro atoms. The second kappa shape index (κ2) is 6.65. The maximum atomic E-state index is 13.5. The number of carbonyl (C=O) groups is 1. The number of pyridine rings is 1. The van der Waals surface area contributed by atoms with Crippen molar-refractivity contribution in [2.24, 2.45) is 0 Å². The number of carbonyl (C=O) groups excluding carboxylic acids is 1. The SMILES string of the molecule is CCOC(=O)c1cccnc1NCc1ccccc1F. The minimum Gasteiger partial charge on any atom is -0.462 e. The Kier molecular flexibility index (Phi) is 4.65. The smallest absolute Gasteiger partial charge is 0.341 e. The molecule has 0 aliphatic carbocycles. The van der Waals surface area contributed by atoms with Crippen molar-refractivity contribution < 1.29 is 13.9 Å². The minimum atomic E-state index is -0.448. The van der Waals surface area contributed by atoms with Crippen molar-refractivity contribution >= 4 is 11.8 Å². The third-order valence-electron chi connectivity index (χ3n) is 2.71. The lowest BCUT2D eigenvalue weighted by atomic mass is 10.2. The van der Waals surface area contributed by atoms with Gasteiger partial charge in [-0.2, -0.15) is 0 Å². The summed E-state index contributed by atoms with van der Waals surface area (Å²) in [5.74, 6) is -0.362. The fourth-order valence-electron chi connectivity index (χ4n) is 1.74. The highest BCUT2D eigenvalue weighted by Gasteiger charge is 2.13. The van der Waals surface area contributed by atoms with Gasteiger partial charge in [0.2, 0.25) is 0 Å². The van der Waals surface area contributed by atoms with Gasteiger partial charge < -0.3 is 10.1 Å². The number of nitrogens with one attached hydrogen (secondary N) is 1. The lowest BCUT2D eigenvalue weighted by Crippen LogP contribution is -2.11. The zero-order valence-electron chi connectivity index (χ0n) is 11.1. The summed E-state index contributed by atoms with van der Waals surface area (Å²) in [7, 11) is 0. The molecule has 0 aliphatic rings. The summed E-state index contributed by atoms with van der Waals surface area (Å²) in [5, 5.41) is 2.96. The number of halogens is 1. The molecular formula is C15H15FN2O2. The molecule has 5 heteroatoms. The van der Waals surface area contributed by atoms with E-state index in [0.717, 1.165) is 0 Å². The molecule has 104 valence electrons. The van der Waals surface area contributed by atoms with Crippen LogP contribution in [0.15, 0.2) is 42.6 Å². The van der Waals surface area contributed by atoms with Gasteiger partial charge in [0, 0.05) is 18.3 Å². The van der Waals surface area contributed by atoms with Crippen molar-refractivity contribution in [1.29, 1.82) is 0 Å². The Morgan fingerprint density at radius 3 is 2.85 bits per heavy atom. The van der Waals surface area contributed by atoms with E-state index in [-0.39, 0.29) is 12.4 Å². The molecule has 20 heavy (non-hydrogen) atoms. The molecule has 0 atom stereocenters. The zero-order chi connectivity index (χ0) is 14.4. The molecule has 1 aromatic carbocycles. The fraction of sp³-hybridized carbons (Fsp3) is 0.200. The van der Waals surface area contributed by atoms with Gasteiger partial charge in [0.05, 0.1) is 6.61 Å². The van der Waals surface area contributed by atoms with E-state index in [4.69, 9.17) is 4.74 Å². The maximum Gasteiger partial charge on any atom is 0.341 e. The van der Waals surface area contributed by atoms with Crippen LogP contribution in [0.1, 0.15) is 22.8 Å². The molecule has 2 rings (SSSR count). The van der Waals surface area contributed by atoms with Crippen LogP contribution in [-0.4, -0.2) is 17.6 Å². The number of hydrogen-bond acceptors (Lipinski definition) is 4. The first-order chi connectivity index (χ1) is 9.72. The molecule has 0 aliphatic heterocycles. The van der Waals surface area contributed by atoms with Crippen LogP contribution in [0, 0.1) is 5.82 Å². The molecule has 1 aromatic heterocycles. The average molecular weight is 274 g/mol. The van der Waals surface area contributed by atoms with Gasteiger partial charge >= 0.3 is 5.97 Å². The summed E-state index contributed by atoms with van der Waals surface area (Å²) in [4.78, 5) is 15.9. The van der Waals surface area contributed by atoms with E-state index in [1.54, 1.807) is 43.5 Å². The monoisotopic (exact) mass is 274 g/mol. The summed E-state index contributed by atoms with van der Waals surface area (Å²) < 4.78 is 18.5. The largest absolute Gasteiger partial charge is 0.462 e. The van der Waals surface area contributed by atoms with Crippen LogP contribution in [0.4, 0.5) is 10.2 Å². The van der Waals surface area contributed by atoms with E-state index in [1.807, 2.05) is 0 Å². The second-order valence-corrected chi connectivity index (χ2v) is 4.07. The Labute approximate surface area is 116 Å². The lowest BCUT2D eigenvalue weighted by Gasteiger charge is -2.10. The van der Waals surface area contributed by atoms with Crippen LogP contribution in [0.5, 0.6) is 0 Å². The Hall–Kier alpha value is -2.43. The topological polar surface area (TPSA) is 51.2 Å². The summed E-state index contributed by atoms with van der Waals surface area (Å²) in [6.07, 6.45) is 1.56. The van der Waals surface area contributed by atoms with Crippen LogP contribution in [0.25, 0.3) is 0 Å². The molecule has 0 bridgehead atoms. The molecule has 0 saturated heterocycles. The van der Waals surface area contributed by atoms with Gasteiger partial charge in [0.1, 0.15) is 17.2 Å². The lowest BCUT2D eigenvalue weighted by molar-refractivity contribution is 0.0527. The minimum absolute atomic E-state index is 0.246. The highest BCUT2D eigenvalue weighted by molar-refractivity contribution is 5.94. The van der Waals surface area contributed by atoms with Gasteiger partial charge in [-0.05, 0) is 25.1 Å². The van der Waals surface area contributed by atoms with Gasteiger partial charge in [-0.3, -0.25) is 0 Å². The van der Waals surface area contributed by atoms with Crippen molar-refractivity contribution in [3.05, 3.63) is 59.5 Å². The standard InChI is InChI=1S/C15H15FN2O2/c1-2-20-15(19)12-7-5-9-17-14(12)18-10-11-6-3-4-8-13(11)16/h3-9H,2,10H2,1H3,(H,17,18). The van der Waals surface area contributed by atoms with Crippen molar-refractivity contribution in [2.75, 3.05) is 11.9 Å². The number of hydrogen-bond donors (Lipinski definition) is 1. The Balaban J connectivity index is 2.14. The van der Waals surface area contributed by atoms with Crippen LogP contribution < -0.4 is 5.32 Å². The number of esters is 1. The molecule has 4 nitrogen and oxygen atoms in total. The number of nitrogens with zero attached hydrogens (tertiary/aromatic N) is 1. The Morgan fingerprint density at radius 1 is 1.30 bits per heavy atom. The average Bonchev–Trinajstić information content (AvgIpc) is 2.47. The molecular weight excluding hydrogens is 259 g/mol. The van der Waals surface area contributed by atoms with Gasteiger partial charge in [-0.1, -0.05) is 18.2 Å². The first kappa shape index (κ1) is 14.0. The summed E-state index contributed by atoms with van der Waals surface area (Å²) in [5.41, 5.74) is 0.846. The quantitative estimate of drug-likeness (QED) is 0.851.